The maximum absolute atomic E-state index is 13.2. The van der Waals surface area contributed by atoms with Crippen molar-refractivity contribution in [3.63, 3.8) is 0 Å². The van der Waals surface area contributed by atoms with Crippen molar-refractivity contribution in [3.8, 4) is 11.5 Å². The number of hydrogen-bond donors (Lipinski definition) is 1. The molecule has 0 bridgehead atoms. The molecule has 172 valence electrons. The lowest BCUT2D eigenvalue weighted by Gasteiger charge is -2.50. The molecule has 2 aromatic rings. The zero-order valence-corrected chi connectivity index (χ0v) is 19.0. The second-order valence-electron chi connectivity index (χ2n) is 7.93. The van der Waals surface area contributed by atoms with Gasteiger partial charge < -0.3 is 24.2 Å². The van der Waals surface area contributed by atoms with E-state index in [1.807, 2.05) is 55.5 Å². The summed E-state index contributed by atoms with van der Waals surface area (Å²) in [5.41, 5.74) is 1.64. The molecule has 0 radical (unpaired) electrons. The Morgan fingerprint density at radius 2 is 1.50 bits per heavy atom. The lowest BCUT2D eigenvalue weighted by Crippen LogP contribution is -2.68. The van der Waals surface area contributed by atoms with Crippen molar-refractivity contribution in [1.82, 2.24) is 4.90 Å². The molecule has 3 unspecified atom stereocenters. The number of hydrogen-bond acceptors (Lipinski definition) is 6. The van der Waals surface area contributed by atoms with Crippen molar-refractivity contribution in [2.45, 2.75) is 44.9 Å². The molecule has 1 heterocycles. The Kier molecular flexibility index (Phi) is 7.75. The van der Waals surface area contributed by atoms with Crippen LogP contribution < -0.4 is 9.47 Å². The third-order valence-corrected chi connectivity index (χ3v) is 5.82. The first kappa shape index (κ1) is 23.6. The van der Waals surface area contributed by atoms with Crippen LogP contribution in [0.3, 0.4) is 0 Å². The molecule has 0 spiro atoms. The van der Waals surface area contributed by atoms with Crippen LogP contribution in [0.4, 0.5) is 0 Å². The number of β-lactam (4-membered cyclic amide) rings is 1. The van der Waals surface area contributed by atoms with Crippen LogP contribution in [0.25, 0.3) is 0 Å². The number of unbranched alkanes of at least 4 members (excludes halogenated alkanes) is 1. The Bertz CT molecular complexity index is 862. The van der Waals surface area contributed by atoms with Crippen molar-refractivity contribution in [2.75, 3.05) is 20.8 Å². The highest BCUT2D eigenvalue weighted by Crippen LogP contribution is 2.42. The zero-order valence-electron chi connectivity index (χ0n) is 19.0. The minimum Gasteiger partial charge on any atom is -0.497 e. The van der Waals surface area contributed by atoms with Crippen LogP contribution in [-0.4, -0.2) is 54.9 Å². The van der Waals surface area contributed by atoms with E-state index in [9.17, 15) is 14.7 Å². The summed E-state index contributed by atoms with van der Waals surface area (Å²) in [7, 11) is 3.18. The summed E-state index contributed by atoms with van der Waals surface area (Å²) in [5.74, 6) is -0.225. The average molecular weight is 442 g/mol. The summed E-state index contributed by atoms with van der Waals surface area (Å²) in [6, 6.07) is 13.4. The second kappa shape index (κ2) is 10.5. The molecule has 32 heavy (non-hydrogen) atoms. The van der Waals surface area contributed by atoms with Crippen molar-refractivity contribution in [2.24, 2.45) is 5.92 Å². The van der Waals surface area contributed by atoms with Gasteiger partial charge in [-0.2, -0.15) is 0 Å². The summed E-state index contributed by atoms with van der Waals surface area (Å²) in [4.78, 5) is 27.7. The van der Waals surface area contributed by atoms with Gasteiger partial charge in [0.15, 0.2) is 0 Å². The molecule has 1 amide bonds. The summed E-state index contributed by atoms with van der Waals surface area (Å²) < 4.78 is 16.0. The number of likely N-dealkylation sites (tertiary alicyclic amines) is 1. The number of aliphatic hydroxyl groups excluding tert-OH is 1. The molecule has 7 heteroatoms. The highest BCUT2D eigenvalue weighted by Gasteiger charge is 2.57. The molecule has 7 nitrogen and oxygen atoms in total. The fourth-order valence-corrected chi connectivity index (χ4v) is 4.04. The molecule has 1 aliphatic rings. The maximum Gasteiger partial charge on any atom is 0.329 e. The molecular formula is C25H31NO6. The van der Waals surface area contributed by atoms with Crippen molar-refractivity contribution < 1.29 is 28.9 Å². The molecule has 0 saturated carbocycles. The normalized spacial score (nSPS) is 18.8. The first-order valence-electron chi connectivity index (χ1n) is 10.9. The minimum absolute atomic E-state index is 0.283. The van der Waals surface area contributed by atoms with E-state index >= 15 is 0 Å². The third kappa shape index (κ3) is 4.72. The molecule has 0 aliphatic carbocycles. The first-order valence-corrected chi connectivity index (χ1v) is 10.9. The lowest BCUT2D eigenvalue weighted by atomic mass is 9.79. The van der Waals surface area contributed by atoms with Crippen molar-refractivity contribution in [1.29, 1.82) is 0 Å². The Labute approximate surface area is 188 Å². The van der Waals surface area contributed by atoms with Crippen LogP contribution in [0.5, 0.6) is 11.5 Å². The van der Waals surface area contributed by atoms with Gasteiger partial charge in [-0.3, -0.25) is 4.79 Å². The van der Waals surface area contributed by atoms with Gasteiger partial charge >= 0.3 is 5.97 Å². The molecule has 3 rings (SSSR count). The van der Waals surface area contributed by atoms with Crippen LogP contribution in [0.15, 0.2) is 48.5 Å². The van der Waals surface area contributed by atoms with Gasteiger partial charge in [-0.05, 0) is 48.7 Å². The van der Waals surface area contributed by atoms with E-state index in [-0.39, 0.29) is 12.5 Å². The number of rotatable bonds is 10. The van der Waals surface area contributed by atoms with E-state index in [1.54, 1.807) is 14.2 Å². The van der Waals surface area contributed by atoms with E-state index in [0.717, 1.165) is 24.0 Å². The summed E-state index contributed by atoms with van der Waals surface area (Å²) in [5, 5.41) is 10.2. The van der Waals surface area contributed by atoms with Gasteiger partial charge in [0.1, 0.15) is 17.5 Å². The molecule has 1 fully saturated rings. The molecule has 0 aromatic heterocycles. The van der Waals surface area contributed by atoms with Gasteiger partial charge in [-0.15, -0.1) is 0 Å². The molecule has 3 atom stereocenters. The minimum atomic E-state index is -0.963. The van der Waals surface area contributed by atoms with Gasteiger partial charge in [-0.25, -0.2) is 4.79 Å². The van der Waals surface area contributed by atoms with Crippen molar-refractivity contribution >= 4 is 11.9 Å². The average Bonchev–Trinajstić information content (AvgIpc) is 2.80. The number of benzene rings is 2. The number of carbonyl (C=O) groups is 2. The molecule has 1 N–H and O–H groups in total. The smallest absolute Gasteiger partial charge is 0.329 e. The van der Waals surface area contributed by atoms with Crippen LogP contribution in [-0.2, 0) is 14.3 Å². The summed E-state index contributed by atoms with van der Waals surface area (Å²) in [6.45, 7) is 3.83. The quantitative estimate of drug-likeness (QED) is 0.346. The number of aliphatic hydroxyl groups is 1. The zero-order chi connectivity index (χ0) is 23.3. The van der Waals surface area contributed by atoms with E-state index < -0.39 is 30.1 Å². The molecule has 1 aliphatic heterocycles. The highest BCUT2D eigenvalue weighted by atomic mass is 16.5. The van der Waals surface area contributed by atoms with Crippen LogP contribution in [0.1, 0.15) is 43.9 Å². The van der Waals surface area contributed by atoms with Crippen molar-refractivity contribution in [3.05, 3.63) is 59.7 Å². The van der Waals surface area contributed by atoms with Gasteiger partial charge in [0, 0.05) is 0 Å². The van der Waals surface area contributed by atoms with E-state index in [0.29, 0.717) is 11.5 Å². The molecular weight excluding hydrogens is 410 g/mol. The molecule has 1 saturated heterocycles. The van der Waals surface area contributed by atoms with E-state index in [4.69, 9.17) is 14.2 Å². The first-order chi connectivity index (χ1) is 15.4. The maximum atomic E-state index is 13.2. The Hall–Kier alpha value is -3.06. The van der Waals surface area contributed by atoms with Crippen LogP contribution in [0, 0.1) is 5.92 Å². The number of amides is 1. The Morgan fingerprint density at radius 1 is 1.00 bits per heavy atom. The fourth-order valence-electron chi connectivity index (χ4n) is 4.04. The molecule has 2 aromatic carbocycles. The monoisotopic (exact) mass is 441 g/mol. The second-order valence-corrected chi connectivity index (χ2v) is 7.93. The Balaban J connectivity index is 2.01. The summed E-state index contributed by atoms with van der Waals surface area (Å²) >= 11 is 0. The predicted molar refractivity (Wildman–Crippen MR) is 120 cm³/mol. The SMILES string of the molecule is CCCCOC(=O)C1C(C(C)O)C(=O)N1C(c1ccc(OC)cc1)c1ccc(OC)cc1. The number of nitrogens with zero attached hydrogens (tertiary/aromatic N) is 1. The largest absolute Gasteiger partial charge is 0.497 e. The number of esters is 1. The number of ether oxygens (including phenoxy) is 3. The topological polar surface area (TPSA) is 85.3 Å². The van der Waals surface area contributed by atoms with E-state index in [1.165, 1.54) is 11.8 Å². The van der Waals surface area contributed by atoms with Gasteiger partial charge in [0.25, 0.3) is 0 Å². The highest BCUT2D eigenvalue weighted by molar-refractivity contribution is 5.98. The van der Waals surface area contributed by atoms with Crippen LogP contribution in [0.2, 0.25) is 0 Å². The van der Waals surface area contributed by atoms with Crippen LogP contribution >= 0.6 is 0 Å². The Morgan fingerprint density at radius 3 is 1.91 bits per heavy atom. The van der Waals surface area contributed by atoms with Gasteiger partial charge in [0.05, 0.1) is 38.9 Å². The fraction of sp³-hybridized carbons (Fsp3) is 0.440. The van der Waals surface area contributed by atoms with E-state index in [2.05, 4.69) is 0 Å². The summed E-state index contributed by atoms with van der Waals surface area (Å²) in [6.07, 6.45) is 0.669. The standard InChI is InChI=1S/C25H31NO6/c1-5-6-15-32-25(29)23-21(16(2)27)24(28)26(23)22(17-7-11-19(30-3)12-8-17)18-9-13-20(31-4)14-10-18/h7-14,16,21-23,27H,5-6,15H2,1-4H3. The number of methoxy groups -OCH3 is 2. The third-order valence-electron chi connectivity index (χ3n) is 5.82. The lowest BCUT2D eigenvalue weighted by molar-refractivity contribution is -0.183. The van der Waals surface area contributed by atoms with Gasteiger partial charge in [-0.1, -0.05) is 37.6 Å². The van der Waals surface area contributed by atoms with Gasteiger partial charge in [0.2, 0.25) is 5.91 Å². The predicted octanol–water partition coefficient (Wildman–Crippen LogP) is 3.34. The number of carbonyl (C=O) groups excluding carboxylic acids is 2.